The minimum absolute atomic E-state index is 0.0284. The van der Waals surface area contributed by atoms with E-state index in [9.17, 15) is 9.59 Å². The lowest BCUT2D eigenvalue weighted by Crippen LogP contribution is -2.57. The summed E-state index contributed by atoms with van der Waals surface area (Å²) in [5.41, 5.74) is 1.79. The van der Waals surface area contributed by atoms with Gasteiger partial charge in [0.05, 0.1) is 25.7 Å². The Bertz CT molecular complexity index is 723. The van der Waals surface area contributed by atoms with E-state index in [0.29, 0.717) is 24.4 Å². The number of nitrogens with one attached hydrogen (secondary N) is 4. The summed E-state index contributed by atoms with van der Waals surface area (Å²) in [6.45, 7) is 7.58. The Morgan fingerprint density at radius 2 is 1.97 bits per heavy atom. The number of nitrogens with zero attached hydrogens (tertiary/aromatic N) is 1. The molecule has 1 unspecified atom stereocenters. The zero-order valence-electron chi connectivity index (χ0n) is 17.5. The molecule has 2 amide bonds. The molecule has 2 radical (unpaired) electrons. The van der Waals surface area contributed by atoms with Crippen molar-refractivity contribution < 1.29 is 14.3 Å². The Balaban J connectivity index is 2.07. The monoisotopic (exact) mass is 399 g/mol. The molecule has 1 aromatic rings. The first-order valence-electron chi connectivity index (χ1n) is 9.87. The van der Waals surface area contributed by atoms with E-state index in [-0.39, 0.29) is 23.9 Å². The highest BCUT2D eigenvalue weighted by Gasteiger charge is 2.30. The Hall–Kier alpha value is -2.55. The third-order valence-electron chi connectivity index (χ3n) is 4.76. The standard InChI is InChI=1S/C20H30BN5O3/c1-5-22-10-16(25-19(27)17(12(2)3)26-20(28)29-4)18-23-11-15(24-18)13-6-8-14(21)9-7-13/h6-9,12,15-17,22H,5,10-11H2,1-4H3,(H,23,24)(H,25,27)(H,26,28)/t15?,16-,17-/m0/s1. The van der Waals surface area contributed by atoms with Gasteiger partial charge in [-0.2, -0.15) is 0 Å². The van der Waals surface area contributed by atoms with Crippen LogP contribution in [0.25, 0.3) is 0 Å². The molecule has 2 rings (SSSR count). The van der Waals surface area contributed by atoms with Gasteiger partial charge in [-0.05, 0) is 18.0 Å². The van der Waals surface area contributed by atoms with Gasteiger partial charge < -0.3 is 26.0 Å². The van der Waals surface area contributed by atoms with Crippen LogP contribution in [0.3, 0.4) is 0 Å². The van der Waals surface area contributed by atoms with Crippen LogP contribution in [0.5, 0.6) is 0 Å². The number of amidine groups is 1. The largest absolute Gasteiger partial charge is 0.453 e. The number of hydrogen-bond donors (Lipinski definition) is 4. The molecule has 0 spiro atoms. The SMILES string of the molecule is [B]c1ccc(C2CN=C([C@H](CNCC)NC(=O)[C@@H](NC(=O)OC)C(C)C)N2)cc1. The number of methoxy groups -OCH3 is 1. The summed E-state index contributed by atoms with van der Waals surface area (Å²) in [5, 5.41) is 12.2. The quantitative estimate of drug-likeness (QED) is 0.438. The molecule has 0 fully saturated rings. The average Bonchev–Trinajstić information content (AvgIpc) is 3.19. The highest BCUT2D eigenvalue weighted by Crippen LogP contribution is 2.17. The van der Waals surface area contributed by atoms with E-state index in [1.54, 1.807) is 0 Å². The number of benzene rings is 1. The minimum atomic E-state index is -0.707. The minimum Gasteiger partial charge on any atom is -0.453 e. The smallest absolute Gasteiger partial charge is 0.407 e. The summed E-state index contributed by atoms with van der Waals surface area (Å²) in [6, 6.07) is 6.64. The number of carbonyl (C=O) groups excluding carboxylic acids is 2. The summed E-state index contributed by atoms with van der Waals surface area (Å²) in [5.74, 6) is 0.324. The second kappa shape index (κ2) is 10.9. The van der Waals surface area contributed by atoms with Crippen molar-refractivity contribution >= 4 is 31.1 Å². The molecular formula is C20H30BN5O3. The van der Waals surface area contributed by atoms with Gasteiger partial charge in [-0.1, -0.05) is 50.5 Å². The third-order valence-corrected chi connectivity index (χ3v) is 4.76. The zero-order valence-corrected chi connectivity index (χ0v) is 17.5. The average molecular weight is 399 g/mol. The number of alkyl carbamates (subject to hydrolysis) is 1. The summed E-state index contributed by atoms with van der Waals surface area (Å²) in [7, 11) is 7.04. The normalized spacial score (nSPS) is 17.8. The van der Waals surface area contributed by atoms with E-state index in [1.165, 1.54) is 7.11 Å². The van der Waals surface area contributed by atoms with E-state index in [1.807, 2.05) is 45.0 Å². The highest BCUT2D eigenvalue weighted by atomic mass is 16.5. The summed E-state index contributed by atoms with van der Waals surface area (Å²) >= 11 is 0. The van der Waals surface area contributed by atoms with Crippen LogP contribution in [0.1, 0.15) is 32.4 Å². The second-order valence-electron chi connectivity index (χ2n) is 7.32. The van der Waals surface area contributed by atoms with Crippen LogP contribution < -0.4 is 26.7 Å². The van der Waals surface area contributed by atoms with Crippen LogP contribution in [0.2, 0.25) is 0 Å². The fourth-order valence-corrected chi connectivity index (χ4v) is 3.07. The lowest BCUT2D eigenvalue weighted by molar-refractivity contribution is -0.124. The van der Waals surface area contributed by atoms with Crippen LogP contribution in [0.4, 0.5) is 4.79 Å². The van der Waals surface area contributed by atoms with Gasteiger partial charge in [0.1, 0.15) is 19.7 Å². The third kappa shape index (κ3) is 6.49. The molecule has 0 aromatic heterocycles. The van der Waals surface area contributed by atoms with Crippen LogP contribution in [0, 0.1) is 5.92 Å². The molecule has 0 saturated carbocycles. The fourth-order valence-electron chi connectivity index (χ4n) is 3.07. The maximum absolute atomic E-state index is 12.8. The van der Waals surface area contributed by atoms with Crippen LogP contribution in [0.15, 0.2) is 29.3 Å². The van der Waals surface area contributed by atoms with Gasteiger partial charge >= 0.3 is 6.09 Å². The molecule has 9 heteroatoms. The van der Waals surface area contributed by atoms with Gasteiger partial charge in [0.2, 0.25) is 5.91 Å². The van der Waals surface area contributed by atoms with Crippen molar-refractivity contribution in [3.63, 3.8) is 0 Å². The van der Waals surface area contributed by atoms with Crippen molar-refractivity contribution in [1.82, 2.24) is 21.3 Å². The van der Waals surface area contributed by atoms with Gasteiger partial charge in [0.15, 0.2) is 0 Å². The second-order valence-corrected chi connectivity index (χ2v) is 7.32. The molecule has 1 heterocycles. The van der Waals surface area contributed by atoms with Crippen molar-refractivity contribution in [2.75, 3.05) is 26.7 Å². The molecule has 1 aliphatic rings. The number of likely N-dealkylation sites (N-methyl/N-ethyl adjacent to an activating group) is 1. The Labute approximate surface area is 173 Å². The van der Waals surface area contributed by atoms with E-state index in [2.05, 4.69) is 31.0 Å². The molecule has 4 N–H and O–H groups in total. The van der Waals surface area contributed by atoms with Gasteiger partial charge in [0, 0.05) is 6.54 Å². The lowest BCUT2D eigenvalue weighted by atomic mass is 9.94. The Morgan fingerprint density at radius 3 is 2.55 bits per heavy atom. The van der Waals surface area contributed by atoms with Gasteiger partial charge in [0.25, 0.3) is 0 Å². The molecular weight excluding hydrogens is 369 g/mol. The molecule has 8 nitrogen and oxygen atoms in total. The predicted octanol–water partition coefficient (Wildman–Crippen LogP) is -0.00190. The van der Waals surface area contributed by atoms with Crippen LogP contribution in [-0.4, -0.2) is 64.5 Å². The number of rotatable bonds is 9. The topological polar surface area (TPSA) is 104 Å². The van der Waals surface area contributed by atoms with Crippen molar-refractivity contribution in [3.8, 4) is 0 Å². The first-order chi connectivity index (χ1) is 13.8. The Kier molecular flexibility index (Phi) is 8.51. The summed E-state index contributed by atoms with van der Waals surface area (Å²) in [6.07, 6.45) is -0.637. The number of hydrogen-bond acceptors (Lipinski definition) is 6. The molecule has 1 aromatic carbocycles. The van der Waals surface area contributed by atoms with E-state index in [4.69, 9.17) is 7.85 Å². The molecule has 29 heavy (non-hydrogen) atoms. The molecule has 0 aliphatic carbocycles. The maximum Gasteiger partial charge on any atom is 0.407 e. The van der Waals surface area contributed by atoms with Gasteiger partial charge in [-0.25, -0.2) is 4.79 Å². The number of amides is 2. The summed E-state index contributed by atoms with van der Waals surface area (Å²) < 4.78 is 4.63. The molecule has 0 bridgehead atoms. The van der Waals surface area contributed by atoms with Gasteiger partial charge in [-0.3, -0.25) is 9.79 Å². The fraction of sp³-hybridized carbons (Fsp3) is 0.550. The van der Waals surface area contributed by atoms with E-state index < -0.39 is 12.1 Å². The number of ether oxygens (including phenoxy) is 1. The van der Waals surface area contributed by atoms with Crippen molar-refractivity contribution in [2.24, 2.45) is 10.9 Å². The summed E-state index contributed by atoms with van der Waals surface area (Å²) in [4.78, 5) is 29.1. The lowest BCUT2D eigenvalue weighted by Gasteiger charge is -2.26. The molecule has 156 valence electrons. The van der Waals surface area contributed by atoms with E-state index >= 15 is 0 Å². The predicted molar refractivity (Wildman–Crippen MR) is 115 cm³/mol. The van der Waals surface area contributed by atoms with Gasteiger partial charge in [-0.15, -0.1) is 0 Å². The first-order valence-corrected chi connectivity index (χ1v) is 9.87. The van der Waals surface area contributed by atoms with E-state index in [0.717, 1.165) is 12.1 Å². The first kappa shape index (κ1) is 22.7. The van der Waals surface area contributed by atoms with Crippen molar-refractivity contribution in [3.05, 3.63) is 29.8 Å². The zero-order chi connectivity index (χ0) is 21.4. The van der Waals surface area contributed by atoms with Crippen LogP contribution in [-0.2, 0) is 9.53 Å². The highest BCUT2D eigenvalue weighted by molar-refractivity contribution is 6.32. The maximum atomic E-state index is 12.8. The molecule has 1 aliphatic heterocycles. The van der Waals surface area contributed by atoms with Crippen molar-refractivity contribution in [2.45, 2.75) is 38.9 Å². The number of carbonyl (C=O) groups is 2. The molecule has 0 saturated heterocycles. The Morgan fingerprint density at radius 1 is 1.28 bits per heavy atom. The van der Waals surface area contributed by atoms with Crippen LogP contribution >= 0.6 is 0 Å². The van der Waals surface area contributed by atoms with Crippen molar-refractivity contribution in [1.29, 1.82) is 0 Å². The number of aliphatic imine (C=N–C) groups is 1. The molecule has 3 atom stereocenters.